The van der Waals surface area contributed by atoms with Gasteiger partial charge in [0.2, 0.25) is 0 Å². The number of aliphatic carboxylic acids is 1. The lowest BCUT2D eigenvalue weighted by atomic mass is 9.97. The molecule has 1 unspecified atom stereocenters. The van der Waals surface area contributed by atoms with E-state index in [1.54, 1.807) is 0 Å². The number of thiophene rings is 1. The molecule has 2 amide bonds. The minimum Gasteiger partial charge on any atom is -0.478 e. The second-order valence-corrected chi connectivity index (χ2v) is 10.4. The molecule has 1 aliphatic rings. The number of anilines is 1. The van der Waals surface area contributed by atoms with Crippen molar-refractivity contribution in [1.29, 1.82) is 0 Å². The van der Waals surface area contributed by atoms with Gasteiger partial charge in [0, 0.05) is 41.6 Å². The van der Waals surface area contributed by atoms with Crippen LogP contribution in [0.3, 0.4) is 0 Å². The van der Waals surface area contributed by atoms with Crippen LogP contribution in [0.4, 0.5) is 5.00 Å². The van der Waals surface area contributed by atoms with E-state index >= 15 is 0 Å². The highest BCUT2D eigenvalue weighted by Gasteiger charge is 2.34. The third kappa shape index (κ3) is 5.14. The summed E-state index contributed by atoms with van der Waals surface area (Å²) in [5, 5.41) is 24.8. The van der Waals surface area contributed by atoms with Crippen LogP contribution in [0.2, 0.25) is 0 Å². The van der Waals surface area contributed by atoms with Gasteiger partial charge in [0.15, 0.2) is 0 Å². The molecule has 0 bridgehead atoms. The molecule has 2 aromatic carbocycles. The lowest BCUT2D eigenvalue weighted by Gasteiger charge is -2.32. The second kappa shape index (κ2) is 10.7. The number of hydrogen-bond acceptors (Lipinski definition) is 6. The highest BCUT2D eigenvalue weighted by atomic mass is 32.1. The van der Waals surface area contributed by atoms with E-state index < -0.39 is 17.8 Å². The molecule has 0 fully saturated rings. The number of carbonyl (C=O) groups excluding carboxylic acids is 2. The molecule has 2 aromatic heterocycles. The predicted octanol–water partition coefficient (Wildman–Crippen LogP) is 3.43. The molecule has 0 saturated heterocycles. The first-order valence-corrected chi connectivity index (χ1v) is 13.1. The minimum atomic E-state index is -1.70. The number of carboxylic acids is 2. The van der Waals surface area contributed by atoms with Gasteiger partial charge in [0.25, 0.3) is 5.91 Å². The Hall–Kier alpha value is -4.48. The average molecular weight is 547 g/mol. The Morgan fingerprint density at radius 1 is 1.03 bits per heavy atom. The van der Waals surface area contributed by atoms with E-state index in [1.807, 2.05) is 77.3 Å². The monoisotopic (exact) mass is 546 g/mol. The molecule has 5 rings (SSSR count). The fourth-order valence-electron chi connectivity index (χ4n) is 4.99. The Labute approximate surface area is 227 Å². The van der Waals surface area contributed by atoms with Crippen LogP contribution in [-0.2, 0) is 22.6 Å². The number of para-hydroxylation sites is 1. The van der Waals surface area contributed by atoms with Gasteiger partial charge in [-0.3, -0.25) is 14.5 Å². The number of amides is 2. The van der Waals surface area contributed by atoms with Crippen LogP contribution >= 0.6 is 11.3 Å². The van der Waals surface area contributed by atoms with Crippen LogP contribution in [0.25, 0.3) is 10.9 Å². The van der Waals surface area contributed by atoms with Crippen molar-refractivity contribution >= 4 is 51.0 Å². The van der Waals surface area contributed by atoms with Gasteiger partial charge in [-0.05, 0) is 30.7 Å². The lowest BCUT2D eigenvalue weighted by Crippen LogP contribution is -2.39. The molecule has 11 heteroatoms. The fraction of sp³-hybridized carbons (Fsp3) is 0.214. The van der Waals surface area contributed by atoms with E-state index in [1.165, 1.54) is 0 Å². The Morgan fingerprint density at radius 2 is 1.74 bits per heavy atom. The number of nitrogens with zero attached hydrogens (tertiary/aromatic N) is 2. The predicted molar refractivity (Wildman–Crippen MR) is 146 cm³/mol. The topological polar surface area (TPSA) is 141 Å². The van der Waals surface area contributed by atoms with Crippen LogP contribution in [0.1, 0.15) is 42.8 Å². The number of aromatic nitrogens is 1. The summed E-state index contributed by atoms with van der Waals surface area (Å²) in [4.78, 5) is 51.0. The number of carboxylic acid groups (broad SMARTS) is 2. The highest BCUT2D eigenvalue weighted by molar-refractivity contribution is 7.17. The molecule has 0 radical (unpaired) electrons. The zero-order chi connectivity index (χ0) is 27.7. The first-order valence-electron chi connectivity index (χ1n) is 12.3. The molecule has 10 nitrogen and oxygen atoms in total. The van der Waals surface area contributed by atoms with E-state index in [0.717, 1.165) is 27.8 Å². The number of nitrogens with one attached hydrogen (secondary N) is 2. The number of hydrogen-bond donors (Lipinski definition) is 4. The fourth-order valence-corrected chi connectivity index (χ4v) is 6.39. The maximum absolute atomic E-state index is 13.4. The van der Waals surface area contributed by atoms with E-state index in [2.05, 4.69) is 10.6 Å². The molecular weight excluding hydrogens is 520 g/mol. The summed E-state index contributed by atoms with van der Waals surface area (Å²) in [5.74, 6) is -4.51. The van der Waals surface area contributed by atoms with Crippen molar-refractivity contribution < 1.29 is 29.4 Å². The van der Waals surface area contributed by atoms with Gasteiger partial charge in [-0.15, -0.1) is 11.3 Å². The molecule has 0 spiro atoms. The van der Waals surface area contributed by atoms with Gasteiger partial charge < -0.3 is 25.4 Å². The Bertz CT molecular complexity index is 1590. The van der Waals surface area contributed by atoms with E-state index in [-0.39, 0.29) is 29.1 Å². The van der Waals surface area contributed by atoms with Crippen molar-refractivity contribution in [3.8, 4) is 0 Å². The Balaban J connectivity index is 1.41. The number of benzene rings is 2. The number of aromatic carboxylic acids is 1. The van der Waals surface area contributed by atoms with Crippen molar-refractivity contribution in [2.45, 2.75) is 19.0 Å². The van der Waals surface area contributed by atoms with Gasteiger partial charge in [-0.25, -0.2) is 9.59 Å². The number of fused-ring (bicyclic) bond motifs is 2. The molecule has 0 saturated carbocycles. The summed E-state index contributed by atoms with van der Waals surface area (Å²) in [6, 6.07) is 17.3. The van der Waals surface area contributed by atoms with Gasteiger partial charge in [0.1, 0.15) is 5.00 Å². The Kier molecular flexibility index (Phi) is 7.18. The number of carbonyl (C=O) groups is 4. The van der Waals surface area contributed by atoms with Crippen molar-refractivity contribution in [3.05, 3.63) is 87.9 Å². The van der Waals surface area contributed by atoms with Gasteiger partial charge >= 0.3 is 17.8 Å². The summed E-state index contributed by atoms with van der Waals surface area (Å²) >= 11 is 1.03. The molecule has 3 heterocycles. The summed E-state index contributed by atoms with van der Waals surface area (Å²) < 4.78 is 2.04. The smallest absolute Gasteiger partial charge is 0.394 e. The maximum atomic E-state index is 13.4. The molecule has 1 atom stereocenters. The average Bonchev–Trinajstić information content (AvgIpc) is 3.47. The van der Waals surface area contributed by atoms with Gasteiger partial charge in [-0.1, -0.05) is 48.5 Å². The van der Waals surface area contributed by atoms with E-state index in [0.29, 0.717) is 35.5 Å². The van der Waals surface area contributed by atoms with E-state index in [4.69, 9.17) is 5.11 Å². The molecule has 4 N–H and O–H groups in total. The zero-order valence-corrected chi connectivity index (χ0v) is 21.8. The van der Waals surface area contributed by atoms with Crippen LogP contribution in [0, 0.1) is 0 Å². The van der Waals surface area contributed by atoms with Crippen molar-refractivity contribution in [3.63, 3.8) is 0 Å². The molecule has 1 aliphatic heterocycles. The molecule has 200 valence electrons. The van der Waals surface area contributed by atoms with Crippen molar-refractivity contribution in [2.75, 3.05) is 25.5 Å². The molecule has 39 heavy (non-hydrogen) atoms. The standard InChI is InChI=1S/C28H26N4O6S/c1-31-12-11-18-22(27(35)36)26(30-25(34)28(37)38)39-23(18)21(31)13-29-24(33)19-15-32(14-16-7-3-2-4-8-16)20-10-6-5-9-17(19)20/h2-10,15,21H,11-14H2,1H3,(H,29,33)(H,30,34)(H,35,36)(H,37,38). The van der Waals surface area contributed by atoms with Gasteiger partial charge in [0.05, 0.1) is 17.2 Å². The summed E-state index contributed by atoms with van der Waals surface area (Å²) in [7, 11) is 1.88. The van der Waals surface area contributed by atoms with Crippen molar-refractivity contribution in [2.24, 2.45) is 0 Å². The third-order valence-corrected chi connectivity index (χ3v) is 8.16. The molecule has 0 aliphatic carbocycles. The summed E-state index contributed by atoms with van der Waals surface area (Å²) in [6.45, 7) is 1.35. The third-order valence-electron chi connectivity index (χ3n) is 6.91. The second-order valence-electron chi connectivity index (χ2n) is 9.34. The molecule has 4 aromatic rings. The van der Waals surface area contributed by atoms with Crippen LogP contribution in [-0.4, -0.2) is 63.6 Å². The first kappa shape index (κ1) is 26.1. The van der Waals surface area contributed by atoms with Crippen LogP contribution in [0.5, 0.6) is 0 Å². The SMILES string of the molecule is CN1CCc2c(sc(NC(=O)C(=O)O)c2C(=O)O)C1CNC(=O)c1cn(Cc2ccccc2)c2ccccc12. The van der Waals surface area contributed by atoms with Crippen molar-refractivity contribution in [1.82, 2.24) is 14.8 Å². The van der Waals surface area contributed by atoms with Crippen LogP contribution < -0.4 is 10.6 Å². The minimum absolute atomic E-state index is 0.0180. The quantitative estimate of drug-likeness (QED) is 0.260. The normalized spacial score (nSPS) is 15.1. The Morgan fingerprint density at radius 3 is 2.46 bits per heavy atom. The molecular formula is C28H26N4O6S. The maximum Gasteiger partial charge on any atom is 0.394 e. The van der Waals surface area contributed by atoms with E-state index in [9.17, 15) is 24.3 Å². The number of likely N-dealkylation sites (N-methyl/N-ethyl adjacent to an activating group) is 1. The zero-order valence-electron chi connectivity index (χ0n) is 21.0. The summed E-state index contributed by atoms with van der Waals surface area (Å²) in [6.07, 6.45) is 2.26. The highest BCUT2D eigenvalue weighted by Crippen LogP contribution is 2.42. The lowest BCUT2D eigenvalue weighted by molar-refractivity contribution is -0.147. The summed E-state index contributed by atoms with van der Waals surface area (Å²) in [5.41, 5.74) is 3.03. The largest absolute Gasteiger partial charge is 0.478 e. The first-order chi connectivity index (χ1) is 18.7. The van der Waals surface area contributed by atoms with Crippen LogP contribution in [0.15, 0.2) is 60.8 Å². The number of rotatable bonds is 7. The van der Waals surface area contributed by atoms with Gasteiger partial charge in [-0.2, -0.15) is 0 Å².